The van der Waals surface area contributed by atoms with Gasteiger partial charge >= 0.3 is 0 Å². The molecule has 1 fully saturated rings. The van der Waals surface area contributed by atoms with Crippen molar-refractivity contribution in [2.24, 2.45) is 0 Å². The summed E-state index contributed by atoms with van der Waals surface area (Å²) in [5.74, 6) is 0.0545. The Morgan fingerprint density at radius 2 is 1.67 bits per heavy atom. The van der Waals surface area contributed by atoms with Gasteiger partial charge in [0.05, 0.1) is 10.1 Å². The molecule has 1 aliphatic heterocycles. The van der Waals surface area contributed by atoms with Crippen LogP contribution in [0.4, 0.5) is 5.69 Å². The number of hydrogen-bond acceptors (Lipinski definition) is 4. The number of fused-ring (bicyclic) bond motifs is 1. The average Bonchev–Trinajstić information content (AvgIpc) is 3.06. The van der Waals surface area contributed by atoms with E-state index in [4.69, 9.17) is 0 Å². The largest absolute Gasteiger partial charge is 0.368 e. The van der Waals surface area contributed by atoms with Crippen LogP contribution in [0.5, 0.6) is 0 Å². The van der Waals surface area contributed by atoms with Crippen LogP contribution in [-0.2, 0) is 4.79 Å². The lowest BCUT2D eigenvalue weighted by atomic mass is 10.1. The predicted molar refractivity (Wildman–Crippen MR) is 111 cm³/mol. The number of nitrogens with zero attached hydrogens (tertiary/aromatic N) is 3. The first-order chi connectivity index (χ1) is 13.2. The van der Waals surface area contributed by atoms with Crippen molar-refractivity contribution in [3.63, 3.8) is 0 Å². The monoisotopic (exact) mass is 381 g/mol. The minimum atomic E-state index is -0.418. The van der Waals surface area contributed by atoms with Gasteiger partial charge in [-0.25, -0.2) is 0 Å². The second-order valence-corrected chi connectivity index (χ2v) is 7.81. The van der Waals surface area contributed by atoms with E-state index in [0.29, 0.717) is 24.9 Å². The fourth-order valence-corrected chi connectivity index (χ4v) is 4.82. The smallest absolute Gasteiger partial charge is 0.269 e. The van der Waals surface area contributed by atoms with Crippen LogP contribution in [0.25, 0.3) is 10.1 Å². The molecule has 0 bridgehead atoms. The molecule has 3 aromatic rings. The number of para-hydroxylation sites is 1. The minimum absolute atomic E-state index is 0.0545. The molecule has 1 atom stereocenters. The highest BCUT2D eigenvalue weighted by Gasteiger charge is 2.29. The number of anilines is 1. The fraction of sp³-hybridized carbons (Fsp3) is 0.333. The highest BCUT2D eigenvalue weighted by atomic mass is 32.1. The molecule has 0 N–H and O–H groups in total. The Morgan fingerprint density at radius 1 is 1.00 bits per heavy atom. The first-order valence-corrected chi connectivity index (χ1v) is 10.2. The van der Waals surface area contributed by atoms with E-state index in [-0.39, 0.29) is 11.5 Å². The lowest BCUT2D eigenvalue weighted by Gasteiger charge is -2.37. The Kier molecular flexibility index (Phi) is 4.99. The molecule has 1 aromatic heterocycles. The summed E-state index contributed by atoms with van der Waals surface area (Å²) >= 11 is 1.39. The number of aromatic nitrogens is 1. The summed E-state index contributed by atoms with van der Waals surface area (Å²) in [4.78, 5) is 30.1. The maximum Gasteiger partial charge on any atom is 0.269 e. The minimum Gasteiger partial charge on any atom is -0.368 e. The Labute approximate surface area is 162 Å². The van der Waals surface area contributed by atoms with Crippen molar-refractivity contribution in [1.82, 2.24) is 8.86 Å². The molecule has 0 unspecified atom stereocenters. The van der Waals surface area contributed by atoms with E-state index in [1.54, 1.807) is 3.96 Å². The zero-order chi connectivity index (χ0) is 18.8. The SMILES string of the molecule is CC[C@@H](C(=O)N1CCN(c2ccccc2)CC1)n1sc2ccccc2c1=O. The molecule has 2 aromatic carbocycles. The lowest BCUT2D eigenvalue weighted by molar-refractivity contribution is -0.135. The number of amides is 1. The zero-order valence-corrected chi connectivity index (χ0v) is 16.2. The number of hydrogen-bond donors (Lipinski definition) is 0. The van der Waals surface area contributed by atoms with Gasteiger partial charge in [0.1, 0.15) is 6.04 Å². The summed E-state index contributed by atoms with van der Waals surface area (Å²) in [6.45, 7) is 4.97. The molecule has 1 aliphatic rings. The van der Waals surface area contributed by atoms with E-state index in [1.807, 2.05) is 54.3 Å². The van der Waals surface area contributed by atoms with Gasteiger partial charge in [0.15, 0.2) is 0 Å². The highest BCUT2D eigenvalue weighted by molar-refractivity contribution is 7.14. The van der Waals surface area contributed by atoms with Gasteiger partial charge in [-0.2, -0.15) is 0 Å². The first-order valence-electron chi connectivity index (χ1n) is 9.38. The van der Waals surface area contributed by atoms with Crippen LogP contribution in [0, 0.1) is 0 Å². The van der Waals surface area contributed by atoms with Gasteiger partial charge in [-0.05, 0) is 30.7 Å². The van der Waals surface area contributed by atoms with Crippen LogP contribution in [0.2, 0.25) is 0 Å². The van der Waals surface area contributed by atoms with Crippen molar-refractivity contribution in [2.45, 2.75) is 19.4 Å². The van der Waals surface area contributed by atoms with Crippen LogP contribution in [0.15, 0.2) is 59.4 Å². The van der Waals surface area contributed by atoms with Crippen LogP contribution < -0.4 is 10.5 Å². The number of rotatable bonds is 4. The van der Waals surface area contributed by atoms with E-state index >= 15 is 0 Å². The van der Waals surface area contributed by atoms with Crippen LogP contribution in [-0.4, -0.2) is 40.9 Å². The summed E-state index contributed by atoms with van der Waals surface area (Å²) in [7, 11) is 0. The molecular formula is C21H23N3O2S. The van der Waals surface area contributed by atoms with Gasteiger partial charge in [0, 0.05) is 31.9 Å². The van der Waals surface area contributed by atoms with Crippen molar-refractivity contribution in [3.8, 4) is 0 Å². The third-order valence-electron chi connectivity index (χ3n) is 5.18. The molecule has 6 heteroatoms. The third kappa shape index (κ3) is 3.37. The van der Waals surface area contributed by atoms with Gasteiger partial charge in [0.2, 0.25) is 5.91 Å². The second kappa shape index (κ2) is 7.56. The summed E-state index contributed by atoms with van der Waals surface area (Å²) in [5.41, 5.74) is 1.14. The lowest BCUT2D eigenvalue weighted by Crippen LogP contribution is -2.51. The van der Waals surface area contributed by atoms with Crippen molar-refractivity contribution in [3.05, 3.63) is 65.0 Å². The first kappa shape index (κ1) is 17.8. The zero-order valence-electron chi connectivity index (χ0n) is 15.4. The Bertz CT molecular complexity index is 987. The standard InChI is InChI=1S/C21H23N3O2S/c1-2-18(24-20(25)17-10-6-7-11-19(17)27-24)21(26)23-14-12-22(13-15-23)16-8-4-3-5-9-16/h3-11,18H,2,12-15H2,1H3/t18-/m0/s1. The predicted octanol–water partition coefficient (Wildman–Crippen LogP) is 3.36. The summed E-state index contributed by atoms with van der Waals surface area (Å²) < 4.78 is 2.60. The Balaban J connectivity index is 1.51. The maximum atomic E-state index is 13.2. The van der Waals surface area contributed by atoms with Gasteiger partial charge in [-0.3, -0.25) is 13.5 Å². The fourth-order valence-electron chi connectivity index (χ4n) is 3.67. The highest BCUT2D eigenvalue weighted by Crippen LogP contribution is 2.24. The molecule has 0 spiro atoms. The van der Waals surface area contributed by atoms with Crippen LogP contribution in [0.3, 0.4) is 0 Å². The van der Waals surface area contributed by atoms with Gasteiger partial charge in [-0.15, -0.1) is 0 Å². The molecule has 5 nitrogen and oxygen atoms in total. The Hall–Kier alpha value is -2.60. The van der Waals surface area contributed by atoms with E-state index < -0.39 is 6.04 Å². The topological polar surface area (TPSA) is 45.6 Å². The molecule has 140 valence electrons. The van der Waals surface area contributed by atoms with E-state index in [0.717, 1.165) is 17.8 Å². The van der Waals surface area contributed by atoms with E-state index in [2.05, 4.69) is 17.0 Å². The molecule has 4 rings (SSSR count). The number of benzene rings is 2. The molecule has 0 aliphatic carbocycles. The molecule has 27 heavy (non-hydrogen) atoms. The van der Waals surface area contributed by atoms with E-state index in [1.165, 1.54) is 17.2 Å². The van der Waals surface area contributed by atoms with Crippen LogP contribution in [0.1, 0.15) is 19.4 Å². The molecule has 0 saturated carbocycles. The van der Waals surface area contributed by atoms with E-state index in [9.17, 15) is 9.59 Å². The number of carbonyl (C=O) groups excluding carboxylic acids is 1. The molecule has 1 saturated heterocycles. The average molecular weight is 382 g/mol. The molecule has 0 radical (unpaired) electrons. The van der Waals surface area contributed by atoms with Gasteiger partial charge < -0.3 is 9.80 Å². The normalized spacial score (nSPS) is 15.9. The van der Waals surface area contributed by atoms with Crippen molar-refractivity contribution in [1.29, 1.82) is 0 Å². The van der Waals surface area contributed by atoms with Gasteiger partial charge in [-0.1, -0.05) is 48.8 Å². The van der Waals surface area contributed by atoms with Crippen molar-refractivity contribution < 1.29 is 4.79 Å². The van der Waals surface area contributed by atoms with Crippen molar-refractivity contribution in [2.75, 3.05) is 31.1 Å². The second-order valence-electron chi connectivity index (χ2n) is 6.79. The van der Waals surface area contributed by atoms with Gasteiger partial charge in [0.25, 0.3) is 5.56 Å². The number of carbonyl (C=O) groups is 1. The quantitative estimate of drug-likeness (QED) is 0.696. The third-order valence-corrected chi connectivity index (χ3v) is 6.35. The van der Waals surface area contributed by atoms with Crippen molar-refractivity contribution >= 4 is 33.2 Å². The summed E-state index contributed by atoms with van der Waals surface area (Å²) in [6, 6.07) is 17.4. The number of piperazine rings is 1. The van der Waals surface area contributed by atoms with Crippen LogP contribution >= 0.6 is 11.5 Å². The Morgan fingerprint density at radius 3 is 2.33 bits per heavy atom. The summed E-state index contributed by atoms with van der Waals surface area (Å²) in [5, 5.41) is 0.697. The molecule has 1 amide bonds. The molecule has 2 heterocycles. The summed E-state index contributed by atoms with van der Waals surface area (Å²) in [6.07, 6.45) is 0.616. The molecular weight excluding hydrogens is 358 g/mol. The maximum absolute atomic E-state index is 13.2.